The van der Waals surface area contributed by atoms with Crippen molar-refractivity contribution in [2.45, 2.75) is 26.7 Å². The zero-order valence-corrected chi connectivity index (χ0v) is 10.6. The molecule has 1 aromatic rings. The van der Waals surface area contributed by atoms with Crippen molar-refractivity contribution in [1.82, 2.24) is 4.90 Å². The van der Waals surface area contributed by atoms with E-state index in [-0.39, 0.29) is 11.6 Å². The Morgan fingerprint density at radius 2 is 1.88 bits per heavy atom. The van der Waals surface area contributed by atoms with Crippen LogP contribution in [0, 0.1) is 5.82 Å². The molecule has 3 heteroatoms. The lowest BCUT2D eigenvalue weighted by atomic mass is 10.1. The molecule has 0 N–H and O–H groups in total. The number of likely N-dealkylation sites (N-methyl/N-ethyl adjacent to an activating group) is 1. The molecule has 0 saturated carbocycles. The van der Waals surface area contributed by atoms with Gasteiger partial charge in [0.2, 0.25) is 0 Å². The first kappa shape index (κ1) is 13.8. The van der Waals surface area contributed by atoms with Crippen molar-refractivity contribution in [2.24, 2.45) is 0 Å². The number of Topliss-reactive ketones (excluding diaryl/α,β-unsaturated/α-hetero) is 1. The van der Waals surface area contributed by atoms with Crippen molar-refractivity contribution in [3.05, 3.63) is 35.6 Å². The molecule has 94 valence electrons. The topological polar surface area (TPSA) is 20.3 Å². The maximum atomic E-state index is 12.7. The highest BCUT2D eigenvalue weighted by Gasteiger charge is 2.09. The Morgan fingerprint density at radius 3 is 2.41 bits per heavy atom. The Kier molecular flexibility index (Phi) is 5.84. The summed E-state index contributed by atoms with van der Waals surface area (Å²) in [5, 5.41) is 0. The van der Waals surface area contributed by atoms with Gasteiger partial charge < -0.3 is 0 Å². The second-order valence-electron chi connectivity index (χ2n) is 4.21. The molecule has 0 heterocycles. The van der Waals surface area contributed by atoms with Gasteiger partial charge >= 0.3 is 0 Å². The molecule has 0 unspecified atom stereocenters. The molecular formula is C14H20FNO. The largest absolute Gasteiger partial charge is 0.298 e. The Labute approximate surface area is 102 Å². The summed E-state index contributed by atoms with van der Waals surface area (Å²) in [5.74, 6) is -0.0747. The minimum atomic E-state index is -0.262. The lowest BCUT2D eigenvalue weighted by molar-refractivity contribution is -0.119. The van der Waals surface area contributed by atoms with E-state index in [0.717, 1.165) is 25.1 Å². The molecule has 0 spiro atoms. The molecule has 0 aliphatic heterocycles. The van der Waals surface area contributed by atoms with E-state index in [2.05, 4.69) is 18.7 Å². The zero-order chi connectivity index (χ0) is 12.7. The quantitative estimate of drug-likeness (QED) is 0.726. The van der Waals surface area contributed by atoms with E-state index in [0.29, 0.717) is 13.0 Å². The third-order valence-electron chi connectivity index (χ3n) is 2.70. The number of carbonyl (C=O) groups is 1. The SMILES string of the molecule is CCCN(CC)CC(=O)Cc1ccc(F)cc1. The first-order chi connectivity index (χ1) is 8.15. The normalized spacial score (nSPS) is 10.8. The average molecular weight is 237 g/mol. The second kappa shape index (κ2) is 7.17. The summed E-state index contributed by atoms with van der Waals surface area (Å²) in [6.45, 7) is 6.49. The lowest BCUT2D eigenvalue weighted by Crippen LogP contribution is -2.31. The van der Waals surface area contributed by atoms with Crippen LogP contribution in [0.5, 0.6) is 0 Å². The Bertz CT molecular complexity index is 348. The van der Waals surface area contributed by atoms with E-state index in [1.165, 1.54) is 12.1 Å². The molecular weight excluding hydrogens is 217 g/mol. The maximum Gasteiger partial charge on any atom is 0.151 e. The minimum Gasteiger partial charge on any atom is -0.298 e. The zero-order valence-electron chi connectivity index (χ0n) is 10.6. The monoisotopic (exact) mass is 237 g/mol. The van der Waals surface area contributed by atoms with Crippen LogP contribution in [0.4, 0.5) is 4.39 Å². The highest BCUT2D eigenvalue weighted by atomic mass is 19.1. The van der Waals surface area contributed by atoms with Crippen molar-refractivity contribution >= 4 is 5.78 Å². The number of hydrogen-bond donors (Lipinski definition) is 0. The van der Waals surface area contributed by atoms with Gasteiger partial charge in [-0.05, 0) is 37.2 Å². The average Bonchev–Trinajstić information content (AvgIpc) is 2.31. The van der Waals surface area contributed by atoms with E-state index in [9.17, 15) is 9.18 Å². The Hall–Kier alpha value is -1.22. The van der Waals surface area contributed by atoms with E-state index >= 15 is 0 Å². The smallest absolute Gasteiger partial charge is 0.151 e. The maximum absolute atomic E-state index is 12.7. The van der Waals surface area contributed by atoms with Crippen LogP contribution in [0.2, 0.25) is 0 Å². The second-order valence-corrected chi connectivity index (χ2v) is 4.21. The van der Waals surface area contributed by atoms with Gasteiger partial charge in [0, 0.05) is 6.42 Å². The van der Waals surface area contributed by atoms with Gasteiger partial charge in [-0.3, -0.25) is 9.69 Å². The van der Waals surface area contributed by atoms with Crippen LogP contribution < -0.4 is 0 Å². The fourth-order valence-electron chi connectivity index (χ4n) is 1.80. The summed E-state index contributed by atoms with van der Waals surface area (Å²) in [4.78, 5) is 13.9. The van der Waals surface area contributed by atoms with Crippen molar-refractivity contribution in [3.8, 4) is 0 Å². The van der Waals surface area contributed by atoms with Gasteiger partial charge in [0.25, 0.3) is 0 Å². The fraction of sp³-hybridized carbons (Fsp3) is 0.500. The number of ketones is 1. The molecule has 0 saturated heterocycles. The summed E-state index contributed by atoms with van der Waals surface area (Å²) in [5.41, 5.74) is 0.879. The molecule has 0 atom stereocenters. The lowest BCUT2D eigenvalue weighted by Gasteiger charge is -2.18. The van der Waals surface area contributed by atoms with E-state index in [4.69, 9.17) is 0 Å². The van der Waals surface area contributed by atoms with Gasteiger partial charge in [-0.1, -0.05) is 26.0 Å². The molecule has 1 aromatic carbocycles. The first-order valence-corrected chi connectivity index (χ1v) is 6.14. The predicted molar refractivity (Wildman–Crippen MR) is 67.5 cm³/mol. The highest BCUT2D eigenvalue weighted by Crippen LogP contribution is 2.04. The van der Waals surface area contributed by atoms with E-state index < -0.39 is 0 Å². The number of hydrogen-bond acceptors (Lipinski definition) is 2. The summed E-state index contributed by atoms with van der Waals surface area (Å²) in [6, 6.07) is 6.13. The first-order valence-electron chi connectivity index (χ1n) is 6.14. The summed E-state index contributed by atoms with van der Waals surface area (Å²) < 4.78 is 12.7. The molecule has 0 aliphatic rings. The van der Waals surface area contributed by atoms with E-state index in [1.807, 2.05) is 0 Å². The van der Waals surface area contributed by atoms with Crippen LogP contribution in [0.25, 0.3) is 0 Å². The van der Waals surface area contributed by atoms with Crippen molar-refractivity contribution in [2.75, 3.05) is 19.6 Å². The predicted octanol–water partition coefficient (Wildman–Crippen LogP) is 2.67. The molecule has 0 aliphatic carbocycles. The third kappa shape index (κ3) is 5.09. The van der Waals surface area contributed by atoms with Crippen LogP contribution in [0.3, 0.4) is 0 Å². The Morgan fingerprint density at radius 1 is 1.24 bits per heavy atom. The van der Waals surface area contributed by atoms with Crippen molar-refractivity contribution in [3.63, 3.8) is 0 Å². The molecule has 17 heavy (non-hydrogen) atoms. The van der Waals surface area contributed by atoms with Crippen LogP contribution in [0.1, 0.15) is 25.8 Å². The van der Waals surface area contributed by atoms with Crippen LogP contribution in [-0.2, 0) is 11.2 Å². The van der Waals surface area contributed by atoms with E-state index in [1.54, 1.807) is 12.1 Å². The molecule has 0 radical (unpaired) electrons. The number of halogens is 1. The minimum absolute atomic E-state index is 0.187. The van der Waals surface area contributed by atoms with Crippen LogP contribution in [0.15, 0.2) is 24.3 Å². The van der Waals surface area contributed by atoms with Gasteiger partial charge in [-0.2, -0.15) is 0 Å². The molecule has 2 nitrogen and oxygen atoms in total. The molecule has 1 rings (SSSR count). The van der Waals surface area contributed by atoms with Gasteiger partial charge in [-0.25, -0.2) is 4.39 Å². The van der Waals surface area contributed by atoms with Crippen LogP contribution in [-0.4, -0.2) is 30.3 Å². The molecule has 0 amide bonds. The third-order valence-corrected chi connectivity index (χ3v) is 2.70. The number of carbonyl (C=O) groups excluding carboxylic acids is 1. The van der Waals surface area contributed by atoms with Crippen molar-refractivity contribution < 1.29 is 9.18 Å². The number of nitrogens with zero attached hydrogens (tertiary/aromatic N) is 1. The van der Waals surface area contributed by atoms with Gasteiger partial charge in [0.15, 0.2) is 5.78 Å². The summed E-state index contributed by atoms with van der Waals surface area (Å²) >= 11 is 0. The van der Waals surface area contributed by atoms with Gasteiger partial charge in [0.05, 0.1) is 6.54 Å². The van der Waals surface area contributed by atoms with Crippen molar-refractivity contribution in [1.29, 1.82) is 0 Å². The fourth-order valence-corrected chi connectivity index (χ4v) is 1.80. The van der Waals surface area contributed by atoms with Gasteiger partial charge in [-0.15, -0.1) is 0 Å². The highest BCUT2D eigenvalue weighted by molar-refractivity contribution is 5.82. The van der Waals surface area contributed by atoms with Gasteiger partial charge in [0.1, 0.15) is 5.82 Å². The summed E-state index contributed by atoms with van der Waals surface area (Å²) in [6.07, 6.45) is 1.44. The molecule has 0 bridgehead atoms. The summed E-state index contributed by atoms with van der Waals surface area (Å²) in [7, 11) is 0. The van der Waals surface area contributed by atoms with Crippen LogP contribution >= 0.6 is 0 Å². The molecule has 0 fully saturated rings. The Balaban J connectivity index is 2.46. The molecule has 0 aromatic heterocycles. The standard InChI is InChI=1S/C14H20FNO/c1-3-9-16(4-2)11-14(17)10-12-5-7-13(15)8-6-12/h5-8H,3-4,9-11H2,1-2H3. The number of rotatable bonds is 7. The number of benzene rings is 1.